The Kier molecular flexibility index (Phi) is 11.2. The molecule has 0 heterocycles. The Morgan fingerprint density at radius 3 is 1.82 bits per heavy atom. The summed E-state index contributed by atoms with van der Waals surface area (Å²) in [6.45, 7) is 6.12. The molecule has 0 bridgehead atoms. The Morgan fingerprint density at radius 2 is 1.82 bits per heavy atom. The molecular weight excluding hydrogens is 144 g/mol. The van der Waals surface area contributed by atoms with Crippen LogP contribution in [-0.2, 0) is 4.79 Å². The molecule has 0 aliphatic rings. The van der Waals surface area contributed by atoms with Crippen LogP contribution in [0.2, 0.25) is 0 Å². The third-order valence-electron chi connectivity index (χ3n) is 1.01. The molecule has 0 aliphatic carbocycles. The first-order valence-electron chi connectivity index (χ1n) is 3.87. The molecule has 0 spiro atoms. The van der Waals surface area contributed by atoms with Gasteiger partial charge < -0.3 is 10.2 Å². The van der Waals surface area contributed by atoms with Gasteiger partial charge in [-0.3, -0.25) is 4.79 Å². The summed E-state index contributed by atoms with van der Waals surface area (Å²) in [4.78, 5) is 9.37. The molecule has 0 amide bonds. The molecule has 0 aliphatic heterocycles. The van der Waals surface area contributed by atoms with E-state index in [1.807, 2.05) is 0 Å². The molecule has 0 aromatic rings. The highest BCUT2D eigenvalue weighted by Crippen LogP contribution is 1.94. The summed E-state index contributed by atoms with van der Waals surface area (Å²) in [6, 6.07) is 0. The predicted molar refractivity (Wildman–Crippen MR) is 44.5 cm³/mol. The van der Waals surface area contributed by atoms with Crippen LogP contribution in [0, 0.1) is 5.92 Å². The van der Waals surface area contributed by atoms with Crippen LogP contribution in [0.15, 0.2) is 0 Å². The van der Waals surface area contributed by atoms with E-state index in [1.165, 1.54) is 0 Å². The second-order valence-electron chi connectivity index (χ2n) is 2.65. The van der Waals surface area contributed by atoms with E-state index < -0.39 is 5.97 Å². The number of hydrogen-bond acceptors (Lipinski definition) is 2. The van der Waals surface area contributed by atoms with Gasteiger partial charge in [-0.25, -0.2) is 0 Å². The van der Waals surface area contributed by atoms with Gasteiger partial charge in [0, 0.05) is 13.0 Å². The molecule has 0 saturated carbocycles. The number of carbonyl (C=O) groups is 1. The molecule has 2 N–H and O–H groups in total. The van der Waals surface area contributed by atoms with Gasteiger partial charge in [-0.15, -0.1) is 0 Å². The van der Waals surface area contributed by atoms with Crippen LogP contribution in [0.25, 0.3) is 0 Å². The van der Waals surface area contributed by atoms with Gasteiger partial charge in [0.15, 0.2) is 0 Å². The molecular formula is C8H18O3. The quantitative estimate of drug-likeness (QED) is 0.661. The zero-order chi connectivity index (χ0) is 9.28. The first-order valence-corrected chi connectivity index (χ1v) is 3.87. The van der Waals surface area contributed by atoms with Gasteiger partial charge in [0.1, 0.15) is 0 Å². The molecule has 0 rings (SSSR count). The first-order chi connectivity index (χ1) is 5.04. The Morgan fingerprint density at radius 1 is 1.45 bits per heavy atom. The SMILES string of the molecule is CC(C)CCO.CCC(=O)O. The maximum Gasteiger partial charge on any atom is 0.303 e. The third-order valence-corrected chi connectivity index (χ3v) is 1.01. The maximum atomic E-state index is 9.37. The Hall–Kier alpha value is -0.570. The monoisotopic (exact) mass is 162 g/mol. The highest BCUT2D eigenvalue weighted by atomic mass is 16.4. The molecule has 0 unspecified atom stereocenters. The highest BCUT2D eigenvalue weighted by molar-refractivity contribution is 5.66. The lowest BCUT2D eigenvalue weighted by Crippen LogP contribution is -1.89. The van der Waals surface area contributed by atoms with Crippen LogP contribution in [0.1, 0.15) is 33.6 Å². The van der Waals surface area contributed by atoms with Crippen molar-refractivity contribution in [2.24, 2.45) is 5.92 Å². The number of aliphatic carboxylic acids is 1. The summed E-state index contributed by atoms with van der Waals surface area (Å²) in [6.07, 6.45) is 1.15. The van der Waals surface area contributed by atoms with Crippen LogP contribution >= 0.6 is 0 Å². The lowest BCUT2D eigenvalue weighted by Gasteiger charge is -1.95. The molecule has 0 aromatic heterocycles. The average molecular weight is 162 g/mol. The van der Waals surface area contributed by atoms with Gasteiger partial charge in [-0.05, 0) is 12.3 Å². The molecule has 0 aromatic carbocycles. The van der Waals surface area contributed by atoms with Crippen LogP contribution in [-0.4, -0.2) is 22.8 Å². The number of rotatable bonds is 3. The second-order valence-corrected chi connectivity index (χ2v) is 2.65. The Labute approximate surface area is 68.0 Å². The fourth-order valence-electron chi connectivity index (χ4n) is 0.258. The fourth-order valence-corrected chi connectivity index (χ4v) is 0.258. The van der Waals surface area contributed by atoms with Crippen molar-refractivity contribution in [3.8, 4) is 0 Å². The highest BCUT2D eigenvalue weighted by Gasteiger charge is 1.86. The topological polar surface area (TPSA) is 57.5 Å². The first kappa shape index (κ1) is 13.1. The normalized spacial score (nSPS) is 8.82. The van der Waals surface area contributed by atoms with Crippen molar-refractivity contribution in [2.75, 3.05) is 6.61 Å². The van der Waals surface area contributed by atoms with Crippen LogP contribution in [0.5, 0.6) is 0 Å². The number of hydrogen-bond donors (Lipinski definition) is 2. The van der Waals surface area contributed by atoms with Gasteiger partial charge in [-0.1, -0.05) is 20.8 Å². The predicted octanol–water partition coefficient (Wildman–Crippen LogP) is 1.51. The van der Waals surface area contributed by atoms with Crippen molar-refractivity contribution in [2.45, 2.75) is 33.6 Å². The van der Waals surface area contributed by atoms with Gasteiger partial charge in [0.25, 0.3) is 0 Å². The maximum absolute atomic E-state index is 9.37. The zero-order valence-corrected chi connectivity index (χ0v) is 7.50. The Balaban J connectivity index is 0. The molecule has 0 saturated heterocycles. The summed E-state index contributed by atoms with van der Waals surface area (Å²) in [5.41, 5.74) is 0. The van der Waals surface area contributed by atoms with Gasteiger partial charge in [0.05, 0.1) is 0 Å². The van der Waals surface area contributed by atoms with Crippen LogP contribution in [0.4, 0.5) is 0 Å². The fraction of sp³-hybridized carbons (Fsp3) is 0.875. The molecule has 11 heavy (non-hydrogen) atoms. The van der Waals surface area contributed by atoms with E-state index >= 15 is 0 Å². The van der Waals surface area contributed by atoms with E-state index in [9.17, 15) is 4.79 Å². The molecule has 68 valence electrons. The van der Waals surface area contributed by atoms with E-state index in [1.54, 1.807) is 6.92 Å². The number of carboxylic acids is 1. The van der Waals surface area contributed by atoms with Crippen molar-refractivity contribution in [1.29, 1.82) is 0 Å². The minimum atomic E-state index is -0.745. The molecule has 0 radical (unpaired) electrons. The van der Waals surface area contributed by atoms with E-state index in [2.05, 4.69) is 13.8 Å². The lowest BCUT2D eigenvalue weighted by molar-refractivity contribution is -0.136. The zero-order valence-electron chi connectivity index (χ0n) is 7.50. The number of carboxylic acid groups (broad SMARTS) is 1. The summed E-state index contributed by atoms with van der Waals surface area (Å²) in [5.74, 6) is -0.0972. The molecule has 0 atom stereocenters. The minimum Gasteiger partial charge on any atom is -0.481 e. The minimum absolute atomic E-state index is 0.222. The smallest absolute Gasteiger partial charge is 0.303 e. The molecule has 3 nitrogen and oxygen atoms in total. The van der Waals surface area contributed by atoms with Gasteiger partial charge in [-0.2, -0.15) is 0 Å². The van der Waals surface area contributed by atoms with E-state index in [0.717, 1.165) is 6.42 Å². The van der Waals surface area contributed by atoms with Crippen molar-refractivity contribution in [1.82, 2.24) is 0 Å². The number of aliphatic hydroxyl groups is 1. The van der Waals surface area contributed by atoms with Crippen molar-refractivity contribution in [3.63, 3.8) is 0 Å². The average Bonchev–Trinajstić information content (AvgIpc) is 1.89. The van der Waals surface area contributed by atoms with Crippen LogP contribution in [0.3, 0.4) is 0 Å². The van der Waals surface area contributed by atoms with E-state index in [4.69, 9.17) is 10.2 Å². The van der Waals surface area contributed by atoms with E-state index in [0.29, 0.717) is 12.5 Å². The summed E-state index contributed by atoms with van der Waals surface area (Å²) < 4.78 is 0. The Bertz CT molecular complexity index is 89.3. The van der Waals surface area contributed by atoms with Gasteiger partial charge in [0.2, 0.25) is 0 Å². The number of aliphatic hydroxyl groups excluding tert-OH is 1. The summed E-state index contributed by atoms with van der Waals surface area (Å²) >= 11 is 0. The van der Waals surface area contributed by atoms with Gasteiger partial charge >= 0.3 is 5.97 Å². The van der Waals surface area contributed by atoms with Crippen molar-refractivity contribution in [3.05, 3.63) is 0 Å². The largest absolute Gasteiger partial charge is 0.481 e. The molecule has 0 fully saturated rings. The summed E-state index contributed by atoms with van der Waals surface area (Å²) in [7, 11) is 0. The van der Waals surface area contributed by atoms with Crippen molar-refractivity contribution >= 4 is 5.97 Å². The summed E-state index contributed by atoms with van der Waals surface area (Å²) in [5, 5.41) is 16.0. The van der Waals surface area contributed by atoms with Crippen LogP contribution < -0.4 is 0 Å². The standard InChI is InChI=1S/C5H12O.C3H6O2/c1-5(2)3-4-6;1-2-3(4)5/h5-6H,3-4H2,1-2H3;2H2,1H3,(H,4,5). The lowest BCUT2D eigenvalue weighted by atomic mass is 10.2. The second kappa shape index (κ2) is 9.43. The molecule has 3 heteroatoms. The third kappa shape index (κ3) is 26.5. The van der Waals surface area contributed by atoms with E-state index in [-0.39, 0.29) is 6.42 Å². The van der Waals surface area contributed by atoms with Crippen molar-refractivity contribution < 1.29 is 15.0 Å².